The number of rotatable bonds is 1. The molecule has 1 aromatic carbocycles. The van der Waals surface area contributed by atoms with Crippen LogP contribution >= 0.6 is 0 Å². The van der Waals surface area contributed by atoms with Gasteiger partial charge in [-0.05, 0) is 24.6 Å². The highest BCUT2D eigenvalue weighted by atomic mass is 16.5. The summed E-state index contributed by atoms with van der Waals surface area (Å²) < 4.78 is 7.23. The predicted octanol–water partition coefficient (Wildman–Crippen LogP) is 1.67. The van der Waals surface area contributed by atoms with Gasteiger partial charge in [0.05, 0.1) is 30.3 Å². The molecule has 1 fully saturated rings. The van der Waals surface area contributed by atoms with Crippen molar-refractivity contribution in [1.82, 2.24) is 9.55 Å². The van der Waals surface area contributed by atoms with E-state index in [1.807, 2.05) is 30.7 Å². The molecule has 2 aromatic rings. The molecule has 1 aliphatic heterocycles. The minimum Gasteiger partial charge on any atom is -0.377 e. The number of benzene rings is 1. The quantitative estimate of drug-likeness (QED) is 0.744. The molecule has 86 valence electrons. The van der Waals surface area contributed by atoms with E-state index in [9.17, 15) is 5.26 Å². The van der Waals surface area contributed by atoms with E-state index >= 15 is 0 Å². The van der Waals surface area contributed by atoms with Crippen LogP contribution < -0.4 is 0 Å². The Morgan fingerprint density at radius 3 is 2.82 bits per heavy atom. The Morgan fingerprint density at radius 1 is 1.47 bits per heavy atom. The van der Waals surface area contributed by atoms with Gasteiger partial charge in [0.2, 0.25) is 0 Å². The van der Waals surface area contributed by atoms with Gasteiger partial charge in [-0.25, -0.2) is 4.98 Å². The van der Waals surface area contributed by atoms with E-state index in [1.54, 1.807) is 0 Å². The molecule has 1 saturated heterocycles. The average Bonchev–Trinajstić information content (AvgIpc) is 2.55. The molecule has 3 rings (SSSR count). The largest absolute Gasteiger partial charge is 0.377 e. The molecular weight excluding hydrogens is 214 g/mol. The van der Waals surface area contributed by atoms with Crippen LogP contribution in [0.1, 0.15) is 11.4 Å². The number of aromatic nitrogens is 2. The third-order valence-corrected chi connectivity index (χ3v) is 3.57. The molecule has 2 heterocycles. The van der Waals surface area contributed by atoms with Gasteiger partial charge < -0.3 is 9.30 Å². The summed E-state index contributed by atoms with van der Waals surface area (Å²) >= 11 is 0. The standard InChI is InChI=1S/C13H13N3O/c1-9-15-11-4-3-10(5-12(11)16(9)2)13(6-14)7-17-8-13/h3-5H,7-8H2,1-2H3. The second-order valence-corrected chi connectivity index (χ2v) is 4.61. The smallest absolute Gasteiger partial charge is 0.129 e. The normalized spacial score (nSPS) is 17.7. The minimum absolute atomic E-state index is 0.452. The monoisotopic (exact) mass is 227 g/mol. The van der Waals surface area contributed by atoms with E-state index in [1.165, 1.54) is 0 Å². The lowest BCUT2D eigenvalue weighted by Crippen LogP contribution is -2.45. The van der Waals surface area contributed by atoms with E-state index in [4.69, 9.17) is 4.74 Å². The molecule has 0 N–H and O–H groups in total. The highest BCUT2D eigenvalue weighted by Crippen LogP contribution is 2.33. The van der Waals surface area contributed by atoms with Gasteiger partial charge in [-0.1, -0.05) is 6.07 Å². The second-order valence-electron chi connectivity index (χ2n) is 4.61. The molecule has 17 heavy (non-hydrogen) atoms. The molecule has 0 atom stereocenters. The van der Waals surface area contributed by atoms with Gasteiger partial charge in [0.25, 0.3) is 0 Å². The molecule has 0 unspecified atom stereocenters. The van der Waals surface area contributed by atoms with Crippen LogP contribution in [0.4, 0.5) is 0 Å². The van der Waals surface area contributed by atoms with Gasteiger partial charge in [0.1, 0.15) is 11.2 Å². The van der Waals surface area contributed by atoms with Crippen molar-refractivity contribution >= 4 is 11.0 Å². The summed E-state index contributed by atoms with van der Waals surface area (Å²) in [5.74, 6) is 0.980. The van der Waals surface area contributed by atoms with E-state index in [0.717, 1.165) is 22.4 Å². The fraction of sp³-hybridized carbons (Fsp3) is 0.385. The summed E-state index contributed by atoms with van der Waals surface area (Å²) in [6, 6.07) is 8.39. The molecule has 0 aliphatic carbocycles. The number of imidazole rings is 1. The van der Waals surface area contributed by atoms with Crippen molar-refractivity contribution in [2.24, 2.45) is 7.05 Å². The van der Waals surface area contributed by atoms with Crippen molar-refractivity contribution in [2.45, 2.75) is 12.3 Å². The summed E-state index contributed by atoms with van der Waals surface area (Å²) in [4.78, 5) is 4.45. The first-order valence-electron chi connectivity index (χ1n) is 5.59. The second kappa shape index (κ2) is 3.31. The maximum Gasteiger partial charge on any atom is 0.129 e. The van der Waals surface area contributed by atoms with E-state index in [2.05, 4.69) is 17.1 Å². The first-order chi connectivity index (χ1) is 8.16. The Hall–Kier alpha value is -1.86. The molecule has 0 radical (unpaired) electrons. The van der Waals surface area contributed by atoms with Crippen LogP contribution in [0.5, 0.6) is 0 Å². The molecule has 1 aliphatic rings. The van der Waals surface area contributed by atoms with Gasteiger partial charge in [-0.3, -0.25) is 0 Å². The van der Waals surface area contributed by atoms with Crippen LogP contribution in [0, 0.1) is 18.3 Å². The van der Waals surface area contributed by atoms with Crippen LogP contribution in [0.2, 0.25) is 0 Å². The molecule has 0 saturated carbocycles. The molecule has 4 heteroatoms. The molecular formula is C13H13N3O. The van der Waals surface area contributed by atoms with Crippen molar-refractivity contribution in [3.63, 3.8) is 0 Å². The lowest BCUT2D eigenvalue weighted by Gasteiger charge is -2.35. The van der Waals surface area contributed by atoms with Gasteiger partial charge in [-0.15, -0.1) is 0 Å². The number of fused-ring (bicyclic) bond motifs is 1. The number of hydrogen-bond acceptors (Lipinski definition) is 3. The zero-order valence-corrected chi connectivity index (χ0v) is 9.90. The highest BCUT2D eigenvalue weighted by Gasteiger charge is 2.41. The molecule has 0 spiro atoms. The third-order valence-electron chi connectivity index (χ3n) is 3.57. The van der Waals surface area contributed by atoms with Gasteiger partial charge in [0, 0.05) is 7.05 Å². The topological polar surface area (TPSA) is 50.8 Å². The van der Waals surface area contributed by atoms with Crippen molar-refractivity contribution in [3.8, 4) is 6.07 Å². The Balaban J connectivity index is 2.20. The first-order valence-corrected chi connectivity index (χ1v) is 5.59. The number of nitrogens with zero attached hydrogens (tertiary/aromatic N) is 3. The van der Waals surface area contributed by atoms with Crippen LogP contribution in [0.15, 0.2) is 18.2 Å². The zero-order valence-electron chi connectivity index (χ0n) is 9.90. The van der Waals surface area contributed by atoms with Crippen LogP contribution in [0.3, 0.4) is 0 Å². The van der Waals surface area contributed by atoms with Crippen LogP contribution in [0.25, 0.3) is 11.0 Å². The average molecular weight is 227 g/mol. The fourth-order valence-electron chi connectivity index (χ4n) is 2.21. The maximum atomic E-state index is 9.28. The summed E-state index contributed by atoms with van der Waals surface area (Å²) in [5, 5.41) is 9.28. The third kappa shape index (κ3) is 1.29. The minimum atomic E-state index is -0.452. The van der Waals surface area contributed by atoms with Crippen molar-refractivity contribution in [1.29, 1.82) is 5.26 Å². The molecule has 0 bridgehead atoms. The fourth-order valence-corrected chi connectivity index (χ4v) is 2.21. The lowest BCUT2D eigenvalue weighted by molar-refractivity contribution is -0.0297. The number of hydrogen-bond donors (Lipinski definition) is 0. The SMILES string of the molecule is Cc1nc2ccc(C3(C#N)COC3)cc2n1C. The number of aryl methyl sites for hydroxylation is 2. The summed E-state index contributed by atoms with van der Waals surface area (Å²) in [6.45, 7) is 2.96. The van der Waals surface area contributed by atoms with E-state index in [-0.39, 0.29) is 0 Å². The Labute approximate surface area is 99.4 Å². The van der Waals surface area contributed by atoms with E-state index in [0.29, 0.717) is 13.2 Å². The van der Waals surface area contributed by atoms with Crippen molar-refractivity contribution in [2.75, 3.05) is 13.2 Å². The number of nitriles is 1. The molecule has 1 aromatic heterocycles. The van der Waals surface area contributed by atoms with Gasteiger partial charge in [0.15, 0.2) is 0 Å². The molecule has 0 amide bonds. The Bertz CT molecular complexity index is 632. The zero-order chi connectivity index (χ0) is 12.0. The van der Waals surface area contributed by atoms with E-state index < -0.39 is 5.41 Å². The maximum absolute atomic E-state index is 9.28. The summed E-state index contributed by atoms with van der Waals surface area (Å²) in [5.41, 5.74) is 2.62. The highest BCUT2D eigenvalue weighted by molar-refractivity contribution is 5.77. The predicted molar refractivity (Wildman–Crippen MR) is 63.6 cm³/mol. The van der Waals surface area contributed by atoms with Crippen molar-refractivity contribution < 1.29 is 4.74 Å². The number of ether oxygens (including phenoxy) is 1. The van der Waals surface area contributed by atoms with Crippen molar-refractivity contribution in [3.05, 3.63) is 29.6 Å². The van der Waals surface area contributed by atoms with Gasteiger partial charge in [-0.2, -0.15) is 5.26 Å². The first kappa shape index (κ1) is 10.3. The summed E-state index contributed by atoms with van der Waals surface area (Å²) in [7, 11) is 1.99. The molecule has 4 nitrogen and oxygen atoms in total. The van der Waals surface area contributed by atoms with Crippen LogP contribution in [-0.2, 0) is 17.2 Å². The van der Waals surface area contributed by atoms with Crippen LogP contribution in [-0.4, -0.2) is 22.8 Å². The van der Waals surface area contributed by atoms with Gasteiger partial charge >= 0.3 is 0 Å². The lowest BCUT2D eigenvalue weighted by atomic mass is 9.80. The Morgan fingerprint density at radius 2 is 2.24 bits per heavy atom. The summed E-state index contributed by atoms with van der Waals surface area (Å²) in [6.07, 6.45) is 0. The Kier molecular flexibility index (Phi) is 2.01.